The summed E-state index contributed by atoms with van der Waals surface area (Å²) >= 11 is 3.37. The third-order valence-corrected chi connectivity index (χ3v) is 3.01. The Morgan fingerprint density at radius 3 is 2.24 bits per heavy atom. The number of halogens is 1. The Balaban J connectivity index is 2.09. The van der Waals surface area contributed by atoms with E-state index in [9.17, 15) is 5.11 Å². The summed E-state index contributed by atoms with van der Waals surface area (Å²) in [5.74, 6) is 0. The van der Waals surface area contributed by atoms with Gasteiger partial charge in [0.05, 0.1) is 6.10 Å². The van der Waals surface area contributed by atoms with E-state index in [4.69, 9.17) is 0 Å². The third-order valence-electron chi connectivity index (χ3n) is 2.48. The highest BCUT2D eigenvalue weighted by Gasteiger charge is 2.02. The highest BCUT2D eigenvalue weighted by atomic mass is 79.9. The van der Waals surface area contributed by atoms with Crippen molar-refractivity contribution in [1.29, 1.82) is 0 Å². The Morgan fingerprint density at radius 2 is 1.59 bits per heavy atom. The maximum atomic E-state index is 9.97. The first-order chi connectivity index (χ1) is 8.25. The van der Waals surface area contributed by atoms with Crippen LogP contribution in [0.1, 0.15) is 17.2 Å². The van der Waals surface area contributed by atoms with Crippen LogP contribution in [0.2, 0.25) is 0 Å². The summed E-state index contributed by atoms with van der Waals surface area (Å²) in [5.41, 5.74) is 1.98. The Bertz CT molecular complexity index is 488. The monoisotopic (exact) mass is 288 g/mol. The molecule has 1 nitrogen and oxygen atoms in total. The number of benzene rings is 2. The van der Waals surface area contributed by atoms with Crippen molar-refractivity contribution in [2.45, 2.75) is 6.10 Å². The lowest BCUT2D eigenvalue weighted by Crippen LogP contribution is -1.91. The van der Waals surface area contributed by atoms with Crippen LogP contribution < -0.4 is 0 Å². The van der Waals surface area contributed by atoms with Crippen molar-refractivity contribution >= 4 is 22.0 Å². The zero-order chi connectivity index (χ0) is 12.1. The van der Waals surface area contributed by atoms with Crippen LogP contribution in [0.25, 0.3) is 6.08 Å². The SMILES string of the molecule is O[C@H](/C=C/c1ccccc1)c1ccc(Br)cc1. The molecule has 1 N–H and O–H groups in total. The molecule has 0 aliphatic rings. The second-order valence-corrected chi connectivity index (χ2v) is 4.68. The van der Waals surface area contributed by atoms with Gasteiger partial charge in [0, 0.05) is 4.47 Å². The van der Waals surface area contributed by atoms with Crippen molar-refractivity contribution < 1.29 is 5.11 Å². The summed E-state index contributed by atoms with van der Waals surface area (Å²) in [7, 11) is 0. The predicted molar refractivity (Wildman–Crippen MR) is 74.6 cm³/mol. The molecule has 86 valence electrons. The number of hydrogen-bond acceptors (Lipinski definition) is 1. The van der Waals surface area contributed by atoms with Crippen LogP contribution in [-0.2, 0) is 0 Å². The van der Waals surface area contributed by atoms with Crippen LogP contribution in [0.4, 0.5) is 0 Å². The lowest BCUT2D eigenvalue weighted by molar-refractivity contribution is 0.229. The fourth-order valence-corrected chi connectivity index (χ4v) is 1.80. The number of hydrogen-bond donors (Lipinski definition) is 1. The van der Waals surface area contributed by atoms with Crippen molar-refractivity contribution in [1.82, 2.24) is 0 Å². The molecule has 0 fully saturated rings. The third kappa shape index (κ3) is 3.55. The van der Waals surface area contributed by atoms with E-state index in [-0.39, 0.29) is 0 Å². The minimum absolute atomic E-state index is 0.566. The molecule has 2 aromatic rings. The van der Waals surface area contributed by atoms with Gasteiger partial charge in [0.2, 0.25) is 0 Å². The fraction of sp³-hybridized carbons (Fsp3) is 0.0667. The van der Waals surface area contributed by atoms with Gasteiger partial charge >= 0.3 is 0 Å². The highest BCUT2D eigenvalue weighted by molar-refractivity contribution is 9.10. The minimum Gasteiger partial charge on any atom is -0.384 e. The second kappa shape index (κ2) is 5.80. The first kappa shape index (κ1) is 12.1. The lowest BCUT2D eigenvalue weighted by Gasteiger charge is -2.05. The molecular formula is C15H13BrO. The molecular weight excluding hydrogens is 276 g/mol. The number of aliphatic hydroxyl groups is 1. The first-order valence-corrected chi connectivity index (χ1v) is 6.22. The van der Waals surface area contributed by atoms with Crippen molar-refractivity contribution in [3.63, 3.8) is 0 Å². The summed E-state index contributed by atoms with van der Waals surface area (Å²) in [5, 5.41) is 9.97. The smallest absolute Gasteiger partial charge is 0.0975 e. The molecule has 0 radical (unpaired) electrons. The van der Waals surface area contributed by atoms with E-state index < -0.39 is 6.10 Å². The molecule has 2 heteroatoms. The van der Waals surface area contributed by atoms with Gasteiger partial charge < -0.3 is 5.11 Å². The summed E-state index contributed by atoms with van der Waals surface area (Å²) in [6.45, 7) is 0. The first-order valence-electron chi connectivity index (χ1n) is 5.42. The molecule has 0 aliphatic heterocycles. The van der Waals surface area contributed by atoms with Crippen molar-refractivity contribution in [2.75, 3.05) is 0 Å². The Hall–Kier alpha value is -1.38. The highest BCUT2D eigenvalue weighted by Crippen LogP contribution is 2.18. The molecule has 0 spiro atoms. The normalized spacial score (nSPS) is 12.8. The van der Waals surface area contributed by atoms with Gasteiger partial charge in [-0.3, -0.25) is 0 Å². The van der Waals surface area contributed by atoms with Crippen LogP contribution in [-0.4, -0.2) is 5.11 Å². The molecule has 0 heterocycles. The van der Waals surface area contributed by atoms with Gasteiger partial charge in [0.25, 0.3) is 0 Å². The van der Waals surface area contributed by atoms with Gasteiger partial charge in [-0.15, -0.1) is 0 Å². The second-order valence-electron chi connectivity index (χ2n) is 3.77. The molecule has 2 aromatic carbocycles. The van der Waals surface area contributed by atoms with Crippen LogP contribution in [0.15, 0.2) is 65.1 Å². The van der Waals surface area contributed by atoms with Gasteiger partial charge in [0.15, 0.2) is 0 Å². The van der Waals surface area contributed by atoms with E-state index in [2.05, 4.69) is 15.9 Å². The topological polar surface area (TPSA) is 20.2 Å². The predicted octanol–water partition coefficient (Wildman–Crippen LogP) is 4.20. The zero-order valence-corrected chi connectivity index (χ0v) is 10.8. The lowest BCUT2D eigenvalue weighted by atomic mass is 10.1. The average Bonchev–Trinajstić information content (AvgIpc) is 2.38. The molecule has 17 heavy (non-hydrogen) atoms. The van der Waals surface area contributed by atoms with Crippen LogP contribution in [0, 0.1) is 0 Å². The summed E-state index contributed by atoms with van der Waals surface area (Å²) < 4.78 is 1.01. The number of rotatable bonds is 3. The van der Waals surface area contributed by atoms with Crippen molar-refractivity contribution in [2.24, 2.45) is 0 Å². The number of aliphatic hydroxyl groups excluding tert-OH is 1. The van der Waals surface area contributed by atoms with Crippen LogP contribution in [0.5, 0.6) is 0 Å². The van der Waals surface area contributed by atoms with Crippen LogP contribution in [0.3, 0.4) is 0 Å². The maximum absolute atomic E-state index is 9.97. The van der Waals surface area contributed by atoms with Gasteiger partial charge in [-0.2, -0.15) is 0 Å². The Kier molecular flexibility index (Phi) is 4.13. The Labute approximate surface area is 110 Å². The summed E-state index contributed by atoms with van der Waals surface area (Å²) in [6, 6.07) is 17.6. The van der Waals surface area contributed by atoms with Gasteiger partial charge in [-0.25, -0.2) is 0 Å². The molecule has 0 aliphatic carbocycles. The molecule has 0 saturated heterocycles. The van der Waals surface area contributed by atoms with E-state index in [0.29, 0.717) is 0 Å². The average molecular weight is 289 g/mol. The maximum Gasteiger partial charge on any atom is 0.0975 e. The zero-order valence-electron chi connectivity index (χ0n) is 9.25. The van der Waals surface area contributed by atoms with Gasteiger partial charge in [0.1, 0.15) is 0 Å². The van der Waals surface area contributed by atoms with Gasteiger partial charge in [-0.1, -0.05) is 70.5 Å². The summed E-state index contributed by atoms with van der Waals surface area (Å²) in [6.07, 6.45) is 3.15. The van der Waals surface area contributed by atoms with E-state index >= 15 is 0 Å². The quantitative estimate of drug-likeness (QED) is 0.898. The molecule has 1 atom stereocenters. The van der Waals surface area contributed by atoms with Crippen molar-refractivity contribution in [3.05, 3.63) is 76.3 Å². The minimum atomic E-state index is -0.566. The van der Waals surface area contributed by atoms with E-state index in [0.717, 1.165) is 15.6 Å². The largest absolute Gasteiger partial charge is 0.384 e. The summed E-state index contributed by atoms with van der Waals surface area (Å²) in [4.78, 5) is 0. The van der Waals surface area contributed by atoms with Gasteiger partial charge in [-0.05, 0) is 23.3 Å². The van der Waals surface area contributed by atoms with E-state index in [1.807, 2.05) is 60.7 Å². The van der Waals surface area contributed by atoms with Crippen LogP contribution >= 0.6 is 15.9 Å². The molecule has 0 aromatic heterocycles. The van der Waals surface area contributed by atoms with E-state index in [1.165, 1.54) is 0 Å². The molecule has 0 amide bonds. The van der Waals surface area contributed by atoms with Crippen molar-refractivity contribution in [3.8, 4) is 0 Å². The Morgan fingerprint density at radius 1 is 0.941 bits per heavy atom. The molecule has 0 bridgehead atoms. The fourth-order valence-electron chi connectivity index (χ4n) is 1.54. The molecule has 0 unspecified atom stereocenters. The molecule has 2 rings (SSSR count). The molecule has 0 saturated carbocycles. The van der Waals surface area contributed by atoms with E-state index in [1.54, 1.807) is 6.08 Å². The standard InChI is InChI=1S/C15H13BrO/c16-14-9-7-13(8-10-14)15(17)11-6-12-4-2-1-3-5-12/h1-11,15,17H/b11-6+/t15-/m1/s1.